The number of carbonyl (C=O) groups excluding carboxylic acids is 1. The van der Waals surface area contributed by atoms with E-state index in [1.54, 1.807) is 18.5 Å². The van der Waals surface area contributed by atoms with Gasteiger partial charge in [0.05, 0.1) is 6.04 Å². The Bertz CT molecular complexity index is 787. The van der Waals surface area contributed by atoms with E-state index in [-0.39, 0.29) is 17.8 Å². The first-order valence-electron chi connectivity index (χ1n) is 6.87. The minimum Gasteiger partial charge on any atom is -0.348 e. The zero-order chi connectivity index (χ0) is 14.4. The quantitative estimate of drug-likeness (QED) is 0.671. The van der Waals surface area contributed by atoms with E-state index in [0.717, 1.165) is 12.2 Å². The number of aromatic nitrogens is 5. The monoisotopic (exact) mass is 282 g/mol. The van der Waals surface area contributed by atoms with Crippen molar-refractivity contribution in [2.24, 2.45) is 0 Å². The minimum absolute atomic E-state index is 0.0146. The topological polar surface area (TPSA) is 68.3 Å². The number of fused-ring (bicyclic) bond motifs is 2. The van der Waals surface area contributed by atoms with Crippen LogP contribution in [-0.2, 0) is 6.54 Å². The summed E-state index contributed by atoms with van der Waals surface area (Å²) in [5.41, 5.74) is 1.14. The zero-order valence-electron chi connectivity index (χ0n) is 11.5. The molecule has 7 nitrogen and oxygen atoms in total. The third-order valence-corrected chi connectivity index (χ3v) is 3.91. The van der Waals surface area contributed by atoms with Crippen LogP contribution in [0.3, 0.4) is 0 Å². The van der Waals surface area contributed by atoms with Crippen LogP contribution in [0.2, 0.25) is 0 Å². The molecule has 1 atom stereocenters. The van der Waals surface area contributed by atoms with E-state index in [9.17, 15) is 4.79 Å². The molecule has 0 bridgehead atoms. The van der Waals surface area contributed by atoms with Crippen LogP contribution in [0.25, 0.3) is 5.78 Å². The molecule has 0 unspecified atom stereocenters. The molecule has 4 rings (SSSR count). The third-order valence-electron chi connectivity index (χ3n) is 3.91. The molecule has 106 valence electrons. The maximum Gasteiger partial charge on any atom is 0.294 e. The Morgan fingerprint density at radius 1 is 1.29 bits per heavy atom. The average molecular weight is 282 g/mol. The van der Waals surface area contributed by atoms with Gasteiger partial charge in [-0.05, 0) is 25.1 Å². The maximum absolute atomic E-state index is 12.7. The molecule has 0 spiro atoms. The van der Waals surface area contributed by atoms with E-state index >= 15 is 0 Å². The van der Waals surface area contributed by atoms with Crippen LogP contribution in [-0.4, -0.2) is 41.5 Å². The molecular weight excluding hydrogens is 268 g/mol. The van der Waals surface area contributed by atoms with Gasteiger partial charge in [-0.2, -0.15) is 4.98 Å². The first kappa shape index (κ1) is 12.1. The van der Waals surface area contributed by atoms with E-state index in [4.69, 9.17) is 0 Å². The SMILES string of the molecule is C[C@@H]1c2cccn2CCN1C(=O)c1nc2ncccn2n1. The molecule has 0 fully saturated rings. The molecule has 0 radical (unpaired) electrons. The number of rotatable bonds is 1. The highest BCUT2D eigenvalue weighted by molar-refractivity contribution is 5.91. The van der Waals surface area contributed by atoms with Crippen molar-refractivity contribution in [1.82, 2.24) is 29.0 Å². The van der Waals surface area contributed by atoms with Crippen LogP contribution in [0.5, 0.6) is 0 Å². The van der Waals surface area contributed by atoms with E-state index in [0.29, 0.717) is 12.3 Å². The second-order valence-corrected chi connectivity index (χ2v) is 5.10. The predicted octanol–water partition coefficient (Wildman–Crippen LogP) is 1.14. The van der Waals surface area contributed by atoms with Gasteiger partial charge in [-0.25, -0.2) is 9.50 Å². The Morgan fingerprint density at radius 2 is 2.19 bits per heavy atom. The molecule has 7 heteroatoms. The molecule has 0 N–H and O–H groups in total. The average Bonchev–Trinajstić information content (AvgIpc) is 3.13. The Labute approximate surface area is 120 Å². The molecule has 1 aliphatic heterocycles. The molecule has 0 saturated carbocycles. The van der Waals surface area contributed by atoms with Crippen molar-refractivity contribution in [1.29, 1.82) is 0 Å². The Hall–Kier alpha value is -2.70. The van der Waals surface area contributed by atoms with E-state index in [1.165, 1.54) is 4.52 Å². The van der Waals surface area contributed by atoms with Crippen molar-refractivity contribution >= 4 is 11.7 Å². The Morgan fingerprint density at radius 3 is 3.05 bits per heavy atom. The molecule has 3 aromatic rings. The number of amides is 1. The van der Waals surface area contributed by atoms with E-state index in [1.807, 2.05) is 30.2 Å². The largest absolute Gasteiger partial charge is 0.348 e. The first-order chi connectivity index (χ1) is 10.2. The Balaban J connectivity index is 1.69. The molecule has 4 heterocycles. The lowest BCUT2D eigenvalue weighted by Gasteiger charge is -2.34. The highest BCUT2D eigenvalue weighted by Gasteiger charge is 2.30. The molecule has 0 aromatic carbocycles. The van der Waals surface area contributed by atoms with Gasteiger partial charge in [-0.3, -0.25) is 4.79 Å². The molecule has 21 heavy (non-hydrogen) atoms. The van der Waals surface area contributed by atoms with Crippen LogP contribution >= 0.6 is 0 Å². The summed E-state index contributed by atoms with van der Waals surface area (Å²) in [6, 6.07) is 5.82. The number of hydrogen-bond donors (Lipinski definition) is 0. The van der Waals surface area contributed by atoms with Gasteiger partial charge in [-0.15, -0.1) is 5.10 Å². The van der Waals surface area contributed by atoms with E-state index < -0.39 is 0 Å². The van der Waals surface area contributed by atoms with Crippen molar-refractivity contribution in [2.75, 3.05) is 6.54 Å². The summed E-state index contributed by atoms with van der Waals surface area (Å²) in [7, 11) is 0. The van der Waals surface area contributed by atoms with Gasteiger partial charge < -0.3 is 9.47 Å². The summed E-state index contributed by atoms with van der Waals surface area (Å²) in [4.78, 5) is 22.8. The van der Waals surface area contributed by atoms with Gasteiger partial charge in [0.2, 0.25) is 5.82 Å². The first-order valence-corrected chi connectivity index (χ1v) is 6.87. The summed E-state index contributed by atoms with van der Waals surface area (Å²) in [5.74, 6) is 0.481. The fourth-order valence-corrected chi connectivity index (χ4v) is 2.81. The van der Waals surface area contributed by atoms with E-state index in [2.05, 4.69) is 19.6 Å². The maximum atomic E-state index is 12.7. The lowest BCUT2D eigenvalue weighted by molar-refractivity contribution is 0.0631. The van der Waals surface area contributed by atoms with Crippen LogP contribution in [0.15, 0.2) is 36.8 Å². The van der Waals surface area contributed by atoms with Crippen molar-refractivity contribution in [2.45, 2.75) is 19.5 Å². The smallest absolute Gasteiger partial charge is 0.294 e. The van der Waals surface area contributed by atoms with Crippen molar-refractivity contribution in [3.8, 4) is 0 Å². The van der Waals surface area contributed by atoms with Crippen LogP contribution in [0.4, 0.5) is 0 Å². The lowest BCUT2D eigenvalue weighted by atomic mass is 10.1. The van der Waals surface area contributed by atoms with Crippen molar-refractivity contribution in [3.63, 3.8) is 0 Å². The van der Waals surface area contributed by atoms with Crippen LogP contribution < -0.4 is 0 Å². The highest BCUT2D eigenvalue weighted by Crippen LogP contribution is 2.26. The number of nitrogens with zero attached hydrogens (tertiary/aromatic N) is 6. The molecule has 0 saturated heterocycles. The molecule has 3 aromatic heterocycles. The number of hydrogen-bond acceptors (Lipinski definition) is 4. The fraction of sp³-hybridized carbons (Fsp3) is 0.286. The highest BCUT2D eigenvalue weighted by atomic mass is 16.2. The molecule has 1 aliphatic rings. The number of carbonyl (C=O) groups is 1. The van der Waals surface area contributed by atoms with Gasteiger partial charge in [0.1, 0.15) is 0 Å². The standard InChI is InChI=1S/C14H14N6O/c1-10-11-4-2-6-18(11)8-9-19(10)13(21)12-16-14-15-5-3-7-20(14)17-12/h2-7,10H,8-9H2,1H3/t10-/m1/s1. The summed E-state index contributed by atoms with van der Waals surface area (Å²) < 4.78 is 3.69. The van der Waals surface area contributed by atoms with Gasteiger partial charge in [-0.1, -0.05) is 0 Å². The van der Waals surface area contributed by atoms with Gasteiger partial charge in [0.15, 0.2) is 0 Å². The minimum atomic E-state index is -0.152. The van der Waals surface area contributed by atoms with Crippen LogP contribution in [0, 0.1) is 0 Å². The predicted molar refractivity (Wildman–Crippen MR) is 74.7 cm³/mol. The third kappa shape index (κ3) is 1.81. The second-order valence-electron chi connectivity index (χ2n) is 5.10. The zero-order valence-corrected chi connectivity index (χ0v) is 11.5. The van der Waals surface area contributed by atoms with Gasteiger partial charge >= 0.3 is 0 Å². The summed E-state index contributed by atoms with van der Waals surface area (Å²) >= 11 is 0. The van der Waals surface area contributed by atoms with Crippen LogP contribution in [0.1, 0.15) is 29.3 Å². The molecule has 1 amide bonds. The summed E-state index contributed by atoms with van der Waals surface area (Å²) in [6.07, 6.45) is 5.41. The summed E-state index contributed by atoms with van der Waals surface area (Å²) in [5, 5.41) is 4.21. The van der Waals surface area contributed by atoms with Crippen molar-refractivity contribution in [3.05, 3.63) is 48.3 Å². The van der Waals surface area contributed by atoms with Gasteiger partial charge in [0.25, 0.3) is 11.7 Å². The van der Waals surface area contributed by atoms with Crippen molar-refractivity contribution < 1.29 is 4.79 Å². The normalized spacial score (nSPS) is 18.0. The Kier molecular flexibility index (Phi) is 2.53. The molecule has 0 aliphatic carbocycles. The summed E-state index contributed by atoms with van der Waals surface area (Å²) in [6.45, 7) is 3.48. The fourth-order valence-electron chi connectivity index (χ4n) is 2.81. The van der Waals surface area contributed by atoms with Gasteiger partial charge in [0, 0.05) is 37.4 Å². The second kappa shape index (κ2) is 4.41. The lowest BCUT2D eigenvalue weighted by Crippen LogP contribution is -2.41. The molecular formula is C14H14N6O.